The van der Waals surface area contributed by atoms with Gasteiger partial charge in [-0.15, -0.1) is 0 Å². The van der Waals surface area contributed by atoms with Crippen LogP contribution in [0.25, 0.3) is 16.6 Å². The van der Waals surface area contributed by atoms with Crippen LogP contribution in [0, 0.1) is 11.6 Å². The van der Waals surface area contributed by atoms with E-state index in [9.17, 15) is 8.78 Å². The molecule has 0 amide bonds. The summed E-state index contributed by atoms with van der Waals surface area (Å²) in [6, 6.07) is 11.4. The van der Waals surface area contributed by atoms with E-state index < -0.39 is 0 Å². The van der Waals surface area contributed by atoms with Crippen LogP contribution in [-0.4, -0.2) is 11.1 Å². The monoisotopic (exact) mass is 284 g/mol. The summed E-state index contributed by atoms with van der Waals surface area (Å²) in [6.07, 6.45) is 0.806. The summed E-state index contributed by atoms with van der Waals surface area (Å²) in [4.78, 5) is 0. The first-order valence-electron chi connectivity index (χ1n) is 7.03. The normalized spacial score (nSPS) is 14.4. The van der Waals surface area contributed by atoms with Crippen LogP contribution in [0.1, 0.15) is 11.3 Å². The van der Waals surface area contributed by atoms with Crippen LogP contribution in [-0.2, 0) is 13.0 Å². The van der Waals surface area contributed by atoms with E-state index in [-0.39, 0.29) is 11.6 Å². The van der Waals surface area contributed by atoms with Gasteiger partial charge in [0.25, 0.3) is 0 Å². The number of nitrogens with zero attached hydrogens (tertiary/aromatic N) is 1. The van der Waals surface area contributed by atoms with Gasteiger partial charge in [-0.05, 0) is 35.9 Å². The molecule has 0 aliphatic carbocycles. The molecule has 1 aliphatic heterocycles. The van der Waals surface area contributed by atoms with E-state index in [0.29, 0.717) is 12.2 Å². The zero-order chi connectivity index (χ0) is 14.4. The molecule has 3 aromatic rings. The van der Waals surface area contributed by atoms with Crippen LogP contribution in [0.2, 0.25) is 0 Å². The fourth-order valence-corrected chi connectivity index (χ4v) is 3.17. The molecule has 0 atom stereocenters. The maximum atomic E-state index is 14.2. The Morgan fingerprint density at radius 3 is 2.76 bits per heavy atom. The Balaban J connectivity index is 2.11. The first-order chi connectivity index (χ1) is 10.3. The van der Waals surface area contributed by atoms with Crippen molar-refractivity contribution in [1.82, 2.24) is 9.88 Å². The van der Waals surface area contributed by atoms with Crippen molar-refractivity contribution in [3.05, 3.63) is 65.4 Å². The van der Waals surface area contributed by atoms with Gasteiger partial charge in [0.15, 0.2) is 0 Å². The SMILES string of the molecule is Fc1ccc2c(c1)c1c(n2-c2ccccc2F)CCNC1. The standard InChI is InChI=1S/C17H14F2N2/c18-11-5-6-15-12(9-11)13-10-20-8-7-16(13)21(15)17-4-2-1-3-14(17)19/h1-6,9,20H,7-8,10H2. The summed E-state index contributed by atoms with van der Waals surface area (Å²) in [7, 11) is 0. The highest BCUT2D eigenvalue weighted by atomic mass is 19.1. The molecule has 4 heteroatoms. The topological polar surface area (TPSA) is 17.0 Å². The van der Waals surface area contributed by atoms with E-state index in [1.807, 2.05) is 10.6 Å². The van der Waals surface area contributed by atoms with E-state index >= 15 is 0 Å². The van der Waals surface area contributed by atoms with Crippen molar-refractivity contribution in [2.24, 2.45) is 0 Å². The molecule has 0 saturated carbocycles. The predicted octanol–water partition coefficient (Wildman–Crippen LogP) is 3.55. The number of aromatic nitrogens is 1. The highest BCUT2D eigenvalue weighted by Crippen LogP contribution is 2.32. The summed E-state index contributed by atoms with van der Waals surface area (Å²) in [5.41, 5.74) is 3.52. The molecule has 0 unspecified atom stereocenters. The second-order valence-electron chi connectivity index (χ2n) is 5.30. The molecule has 4 rings (SSSR count). The molecule has 0 fully saturated rings. The smallest absolute Gasteiger partial charge is 0.147 e. The van der Waals surface area contributed by atoms with Crippen LogP contribution in [0.3, 0.4) is 0 Å². The fraction of sp³-hybridized carbons (Fsp3) is 0.176. The lowest BCUT2D eigenvalue weighted by atomic mass is 10.1. The molecule has 2 aromatic carbocycles. The molecule has 0 spiro atoms. The van der Waals surface area contributed by atoms with Gasteiger partial charge in [-0.1, -0.05) is 12.1 Å². The average molecular weight is 284 g/mol. The summed E-state index contributed by atoms with van der Waals surface area (Å²) in [5.74, 6) is -0.526. The molecule has 21 heavy (non-hydrogen) atoms. The minimum absolute atomic E-state index is 0.262. The number of rotatable bonds is 1. The van der Waals surface area contributed by atoms with E-state index in [0.717, 1.165) is 35.1 Å². The molecular formula is C17H14F2N2. The molecule has 0 saturated heterocycles. The lowest BCUT2D eigenvalue weighted by Crippen LogP contribution is -2.24. The molecule has 2 heterocycles. The fourth-order valence-electron chi connectivity index (χ4n) is 3.17. The Labute approximate surface area is 121 Å². The molecule has 1 aromatic heterocycles. The van der Waals surface area contributed by atoms with Gasteiger partial charge in [-0.3, -0.25) is 0 Å². The van der Waals surface area contributed by atoms with Crippen molar-refractivity contribution in [3.8, 4) is 5.69 Å². The second-order valence-corrected chi connectivity index (χ2v) is 5.30. The van der Waals surface area contributed by atoms with Gasteiger partial charge in [0.05, 0.1) is 11.2 Å². The van der Waals surface area contributed by atoms with E-state index in [1.165, 1.54) is 12.1 Å². The van der Waals surface area contributed by atoms with Gasteiger partial charge >= 0.3 is 0 Å². The number of fused-ring (bicyclic) bond motifs is 3. The number of hydrogen-bond acceptors (Lipinski definition) is 1. The third-order valence-electron chi connectivity index (χ3n) is 4.08. The number of halogens is 2. The maximum absolute atomic E-state index is 14.2. The highest BCUT2D eigenvalue weighted by Gasteiger charge is 2.22. The maximum Gasteiger partial charge on any atom is 0.147 e. The quantitative estimate of drug-likeness (QED) is 0.723. The van der Waals surface area contributed by atoms with E-state index in [4.69, 9.17) is 0 Å². The average Bonchev–Trinajstić information content (AvgIpc) is 2.82. The molecule has 1 N–H and O–H groups in total. The number of hydrogen-bond donors (Lipinski definition) is 1. The Morgan fingerprint density at radius 1 is 1.05 bits per heavy atom. The molecule has 1 aliphatic rings. The second kappa shape index (κ2) is 4.67. The van der Waals surface area contributed by atoms with Crippen LogP contribution in [0.15, 0.2) is 42.5 Å². The van der Waals surface area contributed by atoms with Gasteiger partial charge in [0.1, 0.15) is 11.6 Å². The summed E-state index contributed by atoms with van der Waals surface area (Å²) < 4.78 is 29.7. The van der Waals surface area contributed by atoms with Crippen LogP contribution >= 0.6 is 0 Å². The molecular weight excluding hydrogens is 270 g/mol. The van der Waals surface area contributed by atoms with Crippen molar-refractivity contribution in [3.63, 3.8) is 0 Å². The summed E-state index contributed by atoms with van der Waals surface area (Å²) in [5, 5.41) is 4.16. The Hall–Kier alpha value is -2.20. The van der Waals surface area contributed by atoms with Gasteiger partial charge in [-0.25, -0.2) is 8.78 Å². The Kier molecular flexibility index (Phi) is 2.79. The first kappa shape index (κ1) is 12.5. The molecule has 2 nitrogen and oxygen atoms in total. The number of para-hydroxylation sites is 1. The van der Waals surface area contributed by atoms with Crippen LogP contribution < -0.4 is 5.32 Å². The van der Waals surface area contributed by atoms with Crippen molar-refractivity contribution in [1.29, 1.82) is 0 Å². The third kappa shape index (κ3) is 1.87. The van der Waals surface area contributed by atoms with E-state index in [2.05, 4.69) is 5.32 Å². The van der Waals surface area contributed by atoms with Gasteiger partial charge in [-0.2, -0.15) is 0 Å². The van der Waals surface area contributed by atoms with Crippen molar-refractivity contribution >= 4 is 10.9 Å². The van der Waals surface area contributed by atoms with Crippen molar-refractivity contribution < 1.29 is 8.78 Å². The van der Waals surface area contributed by atoms with Gasteiger partial charge in [0, 0.05) is 30.6 Å². The van der Waals surface area contributed by atoms with Crippen LogP contribution in [0.4, 0.5) is 8.78 Å². The first-order valence-corrected chi connectivity index (χ1v) is 7.03. The molecule has 0 bridgehead atoms. The Bertz CT molecular complexity index is 836. The minimum atomic E-state index is -0.264. The minimum Gasteiger partial charge on any atom is -0.312 e. The summed E-state index contributed by atoms with van der Waals surface area (Å²) in [6.45, 7) is 1.54. The number of benzene rings is 2. The number of nitrogens with one attached hydrogen (secondary N) is 1. The highest BCUT2D eigenvalue weighted by molar-refractivity contribution is 5.87. The zero-order valence-corrected chi connectivity index (χ0v) is 11.4. The lowest BCUT2D eigenvalue weighted by molar-refractivity contribution is 0.604. The van der Waals surface area contributed by atoms with E-state index in [1.54, 1.807) is 24.3 Å². The largest absolute Gasteiger partial charge is 0.312 e. The van der Waals surface area contributed by atoms with Gasteiger partial charge < -0.3 is 9.88 Å². The molecule has 106 valence electrons. The van der Waals surface area contributed by atoms with Crippen LogP contribution in [0.5, 0.6) is 0 Å². The Morgan fingerprint density at radius 2 is 1.90 bits per heavy atom. The predicted molar refractivity (Wildman–Crippen MR) is 78.6 cm³/mol. The lowest BCUT2D eigenvalue weighted by Gasteiger charge is -2.17. The molecule has 0 radical (unpaired) electrons. The van der Waals surface area contributed by atoms with Crippen molar-refractivity contribution in [2.75, 3.05) is 6.54 Å². The van der Waals surface area contributed by atoms with Crippen molar-refractivity contribution in [2.45, 2.75) is 13.0 Å². The van der Waals surface area contributed by atoms with Gasteiger partial charge in [0.2, 0.25) is 0 Å². The summed E-state index contributed by atoms with van der Waals surface area (Å²) >= 11 is 0. The zero-order valence-electron chi connectivity index (χ0n) is 11.4. The third-order valence-corrected chi connectivity index (χ3v) is 4.08.